The zero-order valence-corrected chi connectivity index (χ0v) is 13.8. The van der Waals surface area contributed by atoms with Crippen LogP contribution < -0.4 is 0 Å². The number of hydrogen-bond acceptors (Lipinski definition) is 6. The van der Waals surface area contributed by atoms with Gasteiger partial charge < -0.3 is 4.74 Å². The second-order valence-corrected chi connectivity index (χ2v) is 6.51. The van der Waals surface area contributed by atoms with Crippen LogP contribution in [0.2, 0.25) is 0 Å². The summed E-state index contributed by atoms with van der Waals surface area (Å²) in [5, 5.41) is 7.20. The molecule has 0 bridgehead atoms. The minimum Gasteiger partial charge on any atom is -0.468 e. The summed E-state index contributed by atoms with van der Waals surface area (Å²) < 4.78 is 6.65. The molecule has 0 N–H and O–H groups in total. The molecule has 2 aromatic heterocycles. The summed E-state index contributed by atoms with van der Waals surface area (Å²) in [5.74, 6) is -0.186. The number of methoxy groups -OCH3 is 1. The molecule has 0 spiro atoms. The number of nitrogens with zero attached hydrogens (tertiary/aromatic N) is 4. The van der Waals surface area contributed by atoms with Gasteiger partial charge >= 0.3 is 5.97 Å². The Morgan fingerprint density at radius 3 is 2.95 bits per heavy atom. The molecule has 0 aliphatic heterocycles. The average Bonchev–Trinajstić information content (AvgIpc) is 3.09. The average molecular weight is 320 g/mol. The van der Waals surface area contributed by atoms with Crippen molar-refractivity contribution < 1.29 is 9.53 Å². The fourth-order valence-electron chi connectivity index (χ4n) is 2.53. The molecule has 3 rings (SSSR count). The van der Waals surface area contributed by atoms with E-state index >= 15 is 0 Å². The predicted octanol–water partition coefficient (Wildman–Crippen LogP) is 2.07. The summed E-state index contributed by atoms with van der Waals surface area (Å²) in [7, 11) is 3.33. The summed E-state index contributed by atoms with van der Waals surface area (Å²) in [5.41, 5.74) is 2.02. The fourth-order valence-corrected chi connectivity index (χ4v) is 3.31. The summed E-state index contributed by atoms with van der Waals surface area (Å²) in [4.78, 5) is 18.7. The summed E-state index contributed by atoms with van der Waals surface area (Å²) >= 11 is 1.61. The molecule has 2 aromatic rings. The van der Waals surface area contributed by atoms with E-state index in [1.165, 1.54) is 7.11 Å². The topological polar surface area (TPSA) is 60.2 Å². The van der Waals surface area contributed by atoms with E-state index in [0.717, 1.165) is 29.1 Å². The van der Waals surface area contributed by atoms with Crippen LogP contribution in [0.25, 0.3) is 10.6 Å². The van der Waals surface area contributed by atoms with Crippen molar-refractivity contribution in [3.63, 3.8) is 0 Å². The van der Waals surface area contributed by atoms with Gasteiger partial charge in [-0.15, -0.1) is 11.3 Å². The summed E-state index contributed by atoms with van der Waals surface area (Å²) in [6.07, 6.45) is 6.05. The molecule has 1 fully saturated rings. The number of aromatic nitrogens is 3. The lowest BCUT2D eigenvalue weighted by molar-refractivity contribution is -0.146. The molecule has 0 radical (unpaired) electrons. The highest BCUT2D eigenvalue weighted by molar-refractivity contribution is 7.13. The van der Waals surface area contributed by atoms with Crippen LogP contribution in [-0.4, -0.2) is 44.8 Å². The van der Waals surface area contributed by atoms with Crippen molar-refractivity contribution in [2.75, 3.05) is 7.11 Å². The van der Waals surface area contributed by atoms with Crippen LogP contribution >= 0.6 is 11.3 Å². The third-order valence-electron chi connectivity index (χ3n) is 3.90. The maximum Gasteiger partial charge on any atom is 0.322 e. The lowest BCUT2D eigenvalue weighted by Crippen LogP contribution is -2.40. The highest BCUT2D eigenvalue weighted by atomic mass is 32.1. The van der Waals surface area contributed by atoms with Gasteiger partial charge in [0, 0.05) is 36.8 Å². The first-order valence-corrected chi connectivity index (χ1v) is 8.23. The van der Waals surface area contributed by atoms with Crippen LogP contribution in [0.5, 0.6) is 0 Å². The van der Waals surface area contributed by atoms with Crippen LogP contribution in [0.3, 0.4) is 0 Å². The number of thiazole rings is 1. The monoisotopic (exact) mass is 320 g/mol. The lowest BCUT2D eigenvalue weighted by atomic mass is 10.2. The van der Waals surface area contributed by atoms with Crippen molar-refractivity contribution in [2.45, 2.75) is 38.4 Å². The number of ether oxygens (including phenoxy) is 1. The van der Waals surface area contributed by atoms with E-state index in [1.807, 2.05) is 26.4 Å². The first kappa shape index (κ1) is 15.2. The second-order valence-electron chi connectivity index (χ2n) is 5.65. The van der Waals surface area contributed by atoms with Gasteiger partial charge in [0.2, 0.25) is 0 Å². The van der Waals surface area contributed by atoms with Crippen LogP contribution in [0.1, 0.15) is 25.5 Å². The van der Waals surface area contributed by atoms with E-state index in [4.69, 9.17) is 4.74 Å². The Labute approximate surface area is 133 Å². The van der Waals surface area contributed by atoms with Gasteiger partial charge in [-0.1, -0.05) is 0 Å². The highest BCUT2D eigenvalue weighted by Crippen LogP contribution is 2.31. The van der Waals surface area contributed by atoms with Gasteiger partial charge in [-0.25, -0.2) is 4.98 Å². The molecule has 2 heterocycles. The number of hydrogen-bond donors (Lipinski definition) is 0. The molecule has 0 unspecified atom stereocenters. The predicted molar refractivity (Wildman–Crippen MR) is 84.4 cm³/mol. The van der Waals surface area contributed by atoms with Crippen LogP contribution in [-0.2, 0) is 23.1 Å². The minimum absolute atomic E-state index is 0.186. The molecule has 0 saturated heterocycles. The van der Waals surface area contributed by atoms with Crippen molar-refractivity contribution in [2.24, 2.45) is 7.05 Å². The van der Waals surface area contributed by atoms with E-state index in [1.54, 1.807) is 16.0 Å². The van der Waals surface area contributed by atoms with Gasteiger partial charge in [-0.3, -0.25) is 14.4 Å². The van der Waals surface area contributed by atoms with Crippen molar-refractivity contribution in [3.8, 4) is 10.6 Å². The number of rotatable bonds is 6. The molecular formula is C15H20N4O2S. The molecule has 7 heteroatoms. The molecule has 118 valence electrons. The Bertz CT molecular complexity index is 662. The number of esters is 1. The lowest BCUT2D eigenvalue weighted by Gasteiger charge is -2.26. The number of carbonyl (C=O) groups excluding carboxylic acids is 1. The van der Waals surface area contributed by atoms with Crippen molar-refractivity contribution in [1.82, 2.24) is 19.7 Å². The summed E-state index contributed by atoms with van der Waals surface area (Å²) in [6.45, 7) is 2.58. The second kappa shape index (κ2) is 6.18. The van der Waals surface area contributed by atoms with Gasteiger partial charge in [0.25, 0.3) is 0 Å². The Kier molecular flexibility index (Phi) is 4.26. The third kappa shape index (κ3) is 3.20. The molecule has 0 amide bonds. The van der Waals surface area contributed by atoms with Crippen LogP contribution in [0.4, 0.5) is 0 Å². The molecule has 6 nitrogen and oxygen atoms in total. The summed E-state index contributed by atoms with van der Waals surface area (Å²) in [6, 6.07) is 0.235. The van der Waals surface area contributed by atoms with Crippen molar-refractivity contribution in [3.05, 3.63) is 23.5 Å². The molecular weight excluding hydrogens is 300 g/mol. The highest BCUT2D eigenvalue weighted by Gasteiger charge is 2.35. The largest absolute Gasteiger partial charge is 0.468 e. The number of aryl methyl sites for hydroxylation is 1. The van der Waals surface area contributed by atoms with Crippen molar-refractivity contribution >= 4 is 17.3 Å². The molecule has 1 aliphatic carbocycles. The zero-order valence-electron chi connectivity index (χ0n) is 13.0. The van der Waals surface area contributed by atoms with Crippen LogP contribution in [0, 0.1) is 0 Å². The van der Waals surface area contributed by atoms with Gasteiger partial charge in [-0.05, 0) is 19.8 Å². The Hall–Kier alpha value is -1.73. The Balaban J connectivity index is 1.73. The van der Waals surface area contributed by atoms with Gasteiger partial charge in [0.05, 0.1) is 19.0 Å². The molecule has 1 atom stereocenters. The van der Waals surface area contributed by atoms with E-state index in [2.05, 4.69) is 20.4 Å². The van der Waals surface area contributed by atoms with Gasteiger partial charge in [-0.2, -0.15) is 5.10 Å². The Morgan fingerprint density at radius 1 is 1.59 bits per heavy atom. The van der Waals surface area contributed by atoms with E-state index in [0.29, 0.717) is 12.6 Å². The van der Waals surface area contributed by atoms with Gasteiger partial charge in [0.15, 0.2) is 0 Å². The maximum atomic E-state index is 11.8. The van der Waals surface area contributed by atoms with Crippen LogP contribution in [0.15, 0.2) is 17.8 Å². The van der Waals surface area contributed by atoms with E-state index in [9.17, 15) is 4.79 Å². The quantitative estimate of drug-likeness (QED) is 0.763. The smallest absolute Gasteiger partial charge is 0.322 e. The van der Waals surface area contributed by atoms with Gasteiger partial charge in [0.1, 0.15) is 11.0 Å². The standard InChI is InChI=1S/C15H20N4O2S/c1-10(15(20)21-3)19(13-4-5-13)8-12-9-22-14(17-12)11-6-16-18(2)7-11/h6-7,9-10,13H,4-5,8H2,1-3H3/t10-/m1/s1. The SMILES string of the molecule is COC(=O)[C@@H](C)N(Cc1csc(-c2cnn(C)c2)n1)C1CC1. The molecule has 0 aromatic carbocycles. The number of carbonyl (C=O) groups is 1. The van der Waals surface area contributed by atoms with E-state index in [-0.39, 0.29) is 12.0 Å². The van der Waals surface area contributed by atoms with Crippen molar-refractivity contribution in [1.29, 1.82) is 0 Å². The zero-order chi connectivity index (χ0) is 15.7. The normalized spacial score (nSPS) is 16.0. The Morgan fingerprint density at radius 2 is 2.36 bits per heavy atom. The third-order valence-corrected chi connectivity index (χ3v) is 4.84. The molecule has 1 aliphatic rings. The molecule has 1 saturated carbocycles. The first-order chi connectivity index (χ1) is 10.6. The minimum atomic E-state index is -0.235. The molecule has 22 heavy (non-hydrogen) atoms. The fraction of sp³-hybridized carbons (Fsp3) is 0.533. The maximum absolute atomic E-state index is 11.8. The first-order valence-electron chi connectivity index (χ1n) is 7.35. The van der Waals surface area contributed by atoms with E-state index < -0.39 is 0 Å².